The molecule has 2 aromatic rings. The van der Waals surface area contributed by atoms with Crippen LogP contribution in [0.2, 0.25) is 0 Å². The molecule has 0 bridgehead atoms. The lowest BCUT2D eigenvalue weighted by molar-refractivity contribution is 0.0989. The predicted molar refractivity (Wildman–Crippen MR) is 81.4 cm³/mol. The molecule has 2 rings (SSSR count). The Bertz CT molecular complexity index is 719. The lowest BCUT2D eigenvalue weighted by Crippen LogP contribution is -2.27. The van der Waals surface area contributed by atoms with Crippen LogP contribution in [0.15, 0.2) is 42.5 Å². The van der Waals surface area contributed by atoms with Crippen LogP contribution in [0.4, 0.5) is 14.5 Å². The number of nitrogens with zero attached hydrogens (tertiary/aromatic N) is 1. The van der Waals surface area contributed by atoms with Gasteiger partial charge in [-0.05, 0) is 24.3 Å². The van der Waals surface area contributed by atoms with Crippen molar-refractivity contribution in [3.8, 4) is 0 Å². The van der Waals surface area contributed by atoms with E-state index in [0.717, 1.165) is 12.1 Å². The molecule has 6 heteroatoms. The molecule has 0 spiro atoms. The molecule has 2 N–H and O–H groups in total. The molecule has 0 atom stereocenters. The number of nitrogens with two attached hydrogens (primary N) is 1. The lowest BCUT2D eigenvalue weighted by Gasteiger charge is -2.18. The van der Waals surface area contributed by atoms with Crippen molar-refractivity contribution in [2.75, 3.05) is 11.9 Å². The molecule has 0 saturated carbocycles. The van der Waals surface area contributed by atoms with E-state index in [2.05, 4.69) is 0 Å². The van der Waals surface area contributed by atoms with Crippen molar-refractivity contribution in [2.24, 2.45) is 5.73 Å². The van der Waals surface area contributed by atoms with Gasteiger partial charge in [0.15, 0.2) is 0 Å². The van der Waals surface area contributed by atoms with E-state index in [1.54, 1.807) is 24.3 Å². The number of hydrogen-bond donors (Lipinski definition) is 1. The van der Waals surface area contributed by atoms with Crippen LogP contribution in [0.25, 0.3) is 0 Å². The SMILES string of the molecule is CN(C(=O)c1ccc(F)cc1F)c1cccc(C(N)=S)c1. The summed E-state index contributed by atoms with van der Waals surface area (Å²) in [5.41, 5.74) is 6.44. The zero-order valence-electron chi connectivity index (χ0n) is 11.1. The molecule has 0 heterocycles. The summed E-state index contributed by atoms with van der Waals surface area (Å²) in [5, 5.41) is 0. The second kappa shape index (κ2) is 5.97. The fourth-order valence-electron chi connectivity index (χ4n) is 1.83. The molecular weight excluding hydrogens is 294 g/mol. The molecule has 0 aliphatic carbocycles. The predicted octanol–water partition coefficient (Wildman–Crippen LogP) is 2.88. The van der Waals surface area contributed by atoms with Gasteiger partial charge in [0, 0.05) is 24.4 Å². The molecule has 0 aliphatic heterocycles. The smallest absolute Gasteiger partial charge is 0.260 e. The highest BCUT2D eigenvalue weighted by atomic mass is 32.1. The van der Waals surface area contributed by atoms with Crippen LogP contribution in [-0.2, 0) is 0 Å². The number of carbonyl (C=O) groups excluding carboxylic acids is 1. The van der Waals surface area contributed by atoms with Gasteiger partial charge in [-0.1, -0.05) is 24.4 Å². The maximum atomic E-state index is 13.7. The van der Waals surface area contributed by atoms with E-state index in [1.807, 2.05) is 0 Å². The Hall–Kier alpha value is -2.34. The number of amides is 1. The largest absolute Gasteiger partial charge is 0.389 e. The highest BCUT2D eigenvalue weighted by molar-refractivity contribution is 7.80. The number of anilines is 1. The Morgan fingerprint density at radius 2 is 1.90 bits per heavy atom. The van der Waals surface area contributed by atoms with Crippen LogP contribution in [-0.4, -0.2) is 17.9 Å². The molecule has 0 radical (unpaired) electrons. The normalized spacial score (nSPS) is 10.2. The third kappa shape index (κ3) is 3.22. The molecule has 2 aromatic carbocycles. The maximum Gasteiger partial charge on any atom is 0.260 e. The Kier molecular flexibility index (Phi) is 4.28. The van der Waals surface area contributed by atoms with Crippen molar-refractivity contribution in [3.05, 3.63) is 65.2 Å². The van der Waals surface area contributed by atoms with Crippen LogP contribution in [0.3, 0.4) is 0 Å². The van der Waals surface area contributed by atoms with E-state index in [1.165, 1.54) is 11.9 Å². The second-order valence-corrected chi connectivity index (χ2v) is 4.84. The zero-order chi connectivity index (χ0) is 15.6. The second-order valence-electron chi connectivity index (χ2n) is 4.40. The Morgan fingerprint density at radius 1 is 1.19 bits per heavy atom. The molecule has 3 nitrogen and oxygen atoms in total. The monoisotopic (exact) mass is 306 g/mol. The van der Waals surface area contributed by atoms with Gasteiger partial charge < -0.3 is 10.6 Å². The minimum atomic E-state index is -0.905. The zero-order valence-corrected chi connectivity index (χ0v) is 12.0. The first kappa shape index (κ1) is 15.1. The number of hydrogen-bond acceptors (Lipinski definition) is 2. The number of benzene rings is 2. The first-order chi connectivity index (χ1) is 9.90. The van der Waals surface area contributed by atoms with E-state index in [0.29, 0.717) is 17.3 Å². The summed E-state index contributed by atoms with van der Waals surface area (Å²) >= 11 is 4.88. The Balaban J connectivity index is 2.35. The first-order valence-corrected chi connectivity index (χ1v) is 6.44. The van der Waals surface area contributed by atoms with Gasteiger partial charge in [-0.3, -0.25) is 4.79 Å². The van der Waals surface area contributed by atoms with Gasteiger partial charge in [-0.15, -0.1) is 0 Å². The number of thiocarbonyl (C=S) groups is 1. The van der Waals surface area contributed by atoms with Gasteiger partial charge >= 0.3 is 0 Å². The van der Waals surface area contributed by atoms with Crippen LogP contribution in [0.5, 0.6) is 0 Å². The highest BCUT2D eigenvalue weighted by Gasteiger charge is 2.18. The third-order valence-electron chi connectivity index (χ3n) is 2.98. The van der Waals surface area contributed by atoms with Crippen molar-refractivity contribution in [2.45, 2.75) is 0 Å². The fraction of sp³-hybridized carbons (Fsp3) is 0.0667. The average Bonchev–Trinajstić information content (AvgIpc) is 2.46. The average molecular weight is 306 g/mol. The molecule has 1 amide bonds. The molecular formula is C15H12F2N2OS. The highest BCUT2D eigenvalue weighted by Crippen LogP contribution is 2.19. The Labute approximate surface area is 126 Å². The van der Waals surface area contributed by atoms with Crippen LogP contribution in [0.1, 0.15) is 15.9 Å². The summed E-state index contributed by atoms with van der Waals surface area (Å²) in [6, 6.07) is 9.52. The maximum absolute atomic E-state index is 13.7. The number of halogens is 2. The Morgan fingerprint density at radius 3 is 2.52 bits per heavy atom. The molecule has 0 aliphatic rings. The van der Waals surface area contributed by atoms with Crippen molar-refractivity contribution in [1.82, 2.24) is 0 Å². The summed E-state index contributed by atoms with van der Waals surface area (Å²) in [6.45, 7) is 0. The standard InChI is InChI=1S/C15H12F2N2OS/c1-19(11-4-2-3-9(7-11)14(18)21)15(20)12-6-5-10(16)8-13(12)17/h2-8H,1H3,(H2,18,21). The van der Waals surface area contributed by atoms with E-state index >= 15 is 0 Å². The minimum absolute atomic E-state index is 0.200. The van der Waals surface area contributed by atoms with Gasteiger partial charge in [0.05, 0.1) is 5.56 Å². The molecule has 0 fully saturated rings. The lowest BCUT2D eigenvalue weighted by atomic mass is 10.1. The minimum Gasteiger partial charge on any atom is -0.389 e. The topological polar surface area (TPSA) is 46.3 Å². The fourth-order valence-corrected chi connectivity index (χ4v) is 1.96. The van der Waals surface area contributed by atoms with E-state index in [9.17, 15) is 13.6 Å². The van der Waals surface area contributed by atoms with E-state index < -0.39 is 17.5 Å². The van der Waals surface area contributed by atoms with Crippen molar-refractivity contribution in [1.29, 1.82) is 0 Å². The summed E-state index contributed by atoms with van der Waals surface area (Å²) < 4.78 is 26.5. The van der Waals surface area contributed by atoms with Gasteiger partial charge in [-0.25, -0.2) is 8.78 Å². The number of rotatable bonds is 3. The summed E-state index contributed by atoms with van der Waals surface area (Å²) in [5.74, 6) is -2.23. The van der Waals surface area contributed by atoms with Crippen LogP contribution < -0.4 is 10.6 Å². The van der Waals surface area contributed by atoms with E-state index in [-0.39, 0.29) is 10.6 Å². The van der Waals surface area contributed by atoms with Gasteiger partial charge in [-0.2, -0.15) is 0 Å². The number of carbonyl (C=O) groups is 1. The van der Waals surface area contributed by atoms with Crippen molar-refractivity contribution < 1.29 is 13.6 Å². The van der Waals surface area contributed by atoms with Crippen molar-refractivity contribution in [3.63, 3.8) is 0 Å². The summed E-state index contributed by atoms with van der Waals surface area (Å²) in [7, 11) is 1.49. The van der Waals surface area contributed by atoms with Gasteiger partial charge in [0.1, 0.15) is 16.6 Å². The molecule has 0 saturated heterocycles. The van der Waals surface area contributed by atoms with Crippen LogP contribution in [0, 0.1) is 11.6 Å². The molecule has 0 aromatic heterocycles. The summed E-state index contributed by atoms with van der Waals surface area (Å²) in [4.78, 5) is 13.7. The molecule has 108 valence electrons. The first-order valence-electron chi connectivity index (χ1n) is 6.03. The quantitative estimate of drug-likeness (QED) is 0.887. The van der Waals surface area contributed by atoms with Gasteiger partial charge in [0.25, 0.3) is 5.91 Å². The van der Waals surface area contributed by atoms with Crippen LogP contribution >= 0.6 is 12.2 Å². The third-order valence-corrected chi connectivity index (χ3v) is 3.22. The van der Waals surface area contributed by atoms with Gasteiger partial charge in [0.2, 0.25) is 0 Å². The molecule has 21 heavy (non-hydrogen) atoms. The van der Waals surface area contributed by atoms with E-state index in [4.69, 9.17) is 18.0 Å². The summed E-state index contributed by atoms with van der Waals surface area (Å²) in [6.07, 6.45) is 0. The molecule has 0 unspecified atom stereocenters. The van der Waals surface area contributed by atoms with Crippen molar-refractivity contribution >= 4 is 28.8 Å².